The fraction of sp³-hybridized carbons (Fsp3) is 0.310. The third-order valence-corrected chi connectivity index (χ3v) is 9.36. The fourth-order valence-electron chi connectivity index (χ4n) is 3.87. The number of sulfonamides is 1. The van der Waals surface area contributed by atoms with E-state index in [1.807, 2.05) is 20.8 Å². The maximum Gasteiger partial charge on any atom is 0.264 e. The first-order valence-electron chi connectivity index (χ1n) is 12.7. The van der Waals surface area contributed by atoms with Crippen molar-refractivity contribution in [1.82, 2.24) is 10.2 Å². The molecular weight excluding hydrogens is 593 g/mol. The number of amides is 2. The lowest BCUT2D eigenvalue weighted by molar-refractivity contribution is -0.139. The minimum atomic E-state index is -4.26. The second kappa shape index (κ2) is 13.7. The van der Waals surface area contributed by atoms with Crippen molar-refractivity contribution in [3.8, 4) is 0 Å². The molecule has 7 nitrogen and oxygen atoms in total. The van der Waals surface area contributed by atoms with Crippen LogP contribution in [-0.2, 0) is 26.2 Å². The van der Waals surface area contributed by atoms with Crippen molar-refractivity contribution in [1.29, 1.82) is 0 Å². The van der Waals surface area contributed by atoms with Crippen LogP contribution < -0.4 is 9.62 Å². The van der Waals surface area contributed by atoms with E-state index in [9.17, 15) is 18.0 Å². The van der Waals surface area contributed by atoms with Crippen molar-refractivity contribution in [3.63, 3.8) is 0 Å². The lowest BCUT2D eigenvalue weighted by atomic mass is 10.1. The molecule has 2 unspecified atom stereocenters. The first-order chi connectivity index (χ1) is 18.8. The van der Waals surface area contributed by atoms with Gasteiger partial charge in [-0.15, -0.1) is 0 Å². The molecule has 2 atom stereocenters. The first-order valence-corrected chi connectivity index (χ1v) is 15.3. The average molecular weight is 625 g/mol. The highest BCUT2D eigenvalue weighted by atomic mass is 35.5. The van der Waals surface area contributed by atoms with Crippen LogP contribution in [0.25, 0.3) is 0 Å². The van der Waals surface area contributed by atoms with Gasteiger partial charge in [0.15, 0.2) is 0 Å². The van der Waals surface area contributed by atoms with Crippen LogP contribution in [0.4, 0.5) is 5.69 Å². The maximum atomic E-state index is 14.0. The standard InChI is InChI=1S/C29H32Cl3N3O4S/c1-5-20(3)33-29(37)21(4)34(17-22-11-13-23(30)14-12-22)27(36)18-35(26-8-6-7-25(31)28(26)32)40(38,39)24-15-9-19(2)10-16-24/h6-16,20-21H,5,17-18H2,1-4H3,(H,33,37). The Bertz CT molecular complexity index is 1450. The molecule has 0 aliphatic heterocycles. The van der Waals surface area contributed by atoms with Crippen LogP contribution >= 0.6 is 34.8 Å². The number of anilines is 1. The van der Waals surface area contributed by atoms with Crippen molar-refractivity contribution in [3.05, 3.63) is 92.9 Å². The highest BCUT2D eigenvalue weighted by Crippen LogP contribution is 2.35. The zero-order valence-electron chi connectivity index (χ0n) is 22.7. The average Bonchev–Trinajstić information content (AvgIpc) is 2.92. The Hall–Kier alpha value is -2.78. The van der Waals surface area contributed by atoms with Crippen LogP contribution in [0.1, 0.15) is 38.3 Å². The van der Waals surface area contributed by atoms with E-state index in [-0.39, 0.29) is 39.1 Å². The van der Waals surface area contributed by atoms with E-state index in [1.165, 1.54) is 29.2 Å². The monoisotopic (exact) mass is 623 g/mol. The summed E-state index contributed by atoms with van der Waals surface area (Å²) in [4.78, 5) is 28.4. The van der Waals surface area contributed by atoms with Crippen molar-refractivity contribution < 1.29 is 18.0 Å². The van der Waals surface area contributed by atoms with Crippen molar-refractivity contribution in [2.45, 2.75) is 57.6 Å². The van der Waals surface area contributed by atoms with E-state index in [1.54, 1.807) is 49.4 Å². The smallest absolute Gasteiger partial charge is 0.264 e. The summed E-state index contributed by atoms with van der Waals surface area (Å²) >= 11 is 18.7. The number of benzene rings is 3. The molecule has 40 heavy (non-hydrogen) atoms. The molecule has 3 aromatic carbocycles. The number of halogens is 3. The van der Waals surface area contributed by atoms with Crippen LogP contribution in [0, 0.1) is 6.92 Å². The summed E-state index contributed by atoms with van der Waals surface area (Å²) in [6.07, 6.45) is 0.708. The highest BCUT2D eigenvalue weighted by Gasteiger charge is 2.34. The first kappa shape index (κ1) is 31.7. The molecule has 1 N–H and O–H groups in total. The number of nitrogens with zero attached hydrogens (tertiary/aromatic N) is 2. The summed E-state index contributed by atoms with van der Waals surface area (Å²) in [5, 5.41) is 3.54. The lowest BCUT2D eigenvalue weighted by Crippen LogP contribution is -2.52. The van der Waals surface area contributed by atoms with E-state index in [0.717, 1.165) is 15.4 Å². The van der Waals surface area contributed by atoms with E-state index >= 15 is 0 Å². The lowest BCUT2D eigenvalue weighted by Gasteiger charge is -2.32. The van der Waals surface area contributed by atoms with Crippen molar-refractivity contribution >= 4 is 62.3 Å². The van der Waals surface area contributed by atoms with Gasteiger partial charge in [0.25, 0.3) is 10.0 Å². The van der Waals surface area contributed by atoms with Gasteiger partial charge in [0.2, 0.25) is 11.8 Å². The Balaban J connectivity index is 2.06. The maximum absolute atomic E-state index is 14.0. The van der Waals surface area contributed by atoms with Crippen LogP contribution in [0.3, 0.4) is 0 Å². The second-order valence-corrected chi connectivity index (χ2v) is 12.6. The predicted molar refractivity (Wildman–Crippen MR) is 162 cm³/mol. The molecule has 3 aromatic rings. The minimum absolute atomic E-state index is 0.0144. The molecule has 0 fully saturated rings. The van der Waals surface area contributed by atoms with Gasteiger partial charge in [0.1, 0.15) is 12.6 Å². The summed E-state index contributed by atoms with van der Waals surface area (Å²) in [5.74, 6) is -0.959. The normalized spacial score (nSPS) is 12.9. The molecule has 0 bridgehead atoms. The predicted octanol–water partition coefficient (Wildman–Crippen LogP) is 6.48. The van der Waals surface area contributed by atoms with Gasteiger partial charge in [0.05, 0.1) is 20.6 Å². The zero-order chi connectivity index (χ0) is 29.6. The van der Waals surface area contributed by atoms with Gasteiger partial charge in [-0.1, -0.05) is 77.6 Å². The van der Waals surface area contributed by atoms with Gasteiger partial charge in [-0.25, -0.2) is 8.42 Å². The van der Waals surface area contributed by atoms with Gasteiger partial charge in [-0.3, -0.25) is 13.9 Å². The Kier molecular flexibility index (Phi) is 10.9. The van der Waals surface area contributed by atoms with Gasteiger partial charge in [-0.2, -0.15) is 0 Å². The summed E-state index contributed by atoms with van der Waals surface area (Å²) < 4.78 is 28.8. The molecule has 11 heteroatoms. The SMILES string of the molecule is CCC(C)NC(=O)C(C)N(Cc1ccc(Cl)cc1)C(=O)CN(c1cccc(Cl)c1Cl)S(=O)(=O)c1ccc(C)cc1. The van der Waals surface area contributed by atoms with Gasteiger partial charge < -0.3 is 10.2 Å². The number of nitrogens with one attached hydrogen (secondary N) is 1. The number of rotatable bonds is 11. The van der Waals surface area contributed by atoms with Crippen molar-refractivity contribution in [2.24, 2.45) is 0 Å². The third-order valence-electron chi connectivity index (χ3n) is 6.52. The minimum Gasteiger partial charge on any atom is -0.352 e. The number of carbonyl (C=O) groups is 2. The van der Waals surface area contributed by atoms with Crippen LogP contribution in [-0.4, -0.2) is 43.8 Å². The molecule has 0 aliphatic rings. The van der Waals surface area contributed by atoms with Gasteiger partial charge >= 0.3 is 0 Å². The molecule has 214 valence electrons. The second-order valence-electron chi connectivity index (χ2n) is 9.54. The Morgan fingerprint density at radius 2 is 1.55 bits per heavy atom. The van der Waals surface area contributed by atoms with Gasteiger partial charge in [-0.05, 0) is 69.2 Å². The molecule has 0 aromatic heterocycles. The van der Waals surface area contributed by atoms with E-state index in [0.29, 0.717) is 11.4 Å². The van der Waals surface area contributed by atoms with Crippen molar-refractivity contribution in [2.75, 3.05) is 10.8 Å². The number of carbonyl (C=O) groups excluding carboxylic acids is 2. The summed E-state index contributed by atoms with van der Waals surface area (Å²) in [7, 11) is -4.26. The molecule has 0 radical (unpaired) electrons. The number of hydrogen-bond acceptors (Lipinski definition) is 4. The topological polar surface area (TPSA) is 86.8 Å². The molecule has 0 saturated carbocycles. The van der Waals surface area contributed by atoms with E-state index in [4.69, 9.17) is 34.8 Å². The third kappa shape index (κ3) is 7.69. The quantitative estimate of drug-likeness (QED) is 0.265. The van der Waals surface area contributed by atoms with Gasteiger partial charge in [0, 0.05) is 17.6 Å². The highest BCUT2D eigenvalue weighted by molar-refractivity contribution is 7.92. The molecule has 0 spiro atoms. The molecule has 3 rings (SSSR count). The largest absolute Gasteiger partial charge is 0.352 e. The summed E-state index contributed by atoms with van der Waals surface area (Å²) in [5.41, 5.74) is 1.64. The van der Waals surface area contributed by atoms with E-state index < -0.39 is 28.5 Å². The number of aryl methyl sites for hydroxylation is 1. The fourth-order valence-corrected chi connectivity index (χ4v) is 5.87. The molecular formula is C29H32Cl3N3O4S. The summed E-state index contributed by atoms with van der Waals surface area (Å²) in [6, 6.07) is 16.7. The number of hydrogen-bond donors (Lipinski definition) is 1. The Morgan fingerprint density at radius 3 is 2.15 bits per heavy atom. The summed E-state index contributed by atoms with van der Waals surface area (Å²) in [6.45, 7) is 6.68. The van der Waals surface area contributed by atoms with Crippen LogP contribution in [0.2, 0.25) is 15.1 Å². The van der Waals surface area contributed by atoms with Crippen LogP contribution in [0.5, 0.6) is 0 Å². The molecule has 0 aliphatic carbocycles. The molecule has 2 amide bonds. The molecule has 0 heterocycles. The molecule has 0 saturated heterocycles. The van der Waals surface area contributed by atoms with E-state index in [2.05, 4.69) is 5.32 Å². The Morgan fingerprint density at radius 1 is 0.925 bits per heavy atom. The Labute approximate surface area is 251 Å². The van der Waals surface area contributed by atoms with Crippen LogP contribution in [0.15, 0.2) is 71.6 Å². The zero-order valence-corrected chi connectivity index (χ0v) is 25.8.